The van der Waals surface area contributed by atoms with Crippen LogP contribution >= 0.6 is 11.6 Å². The van der Waals surface area contributed by atoms with Gasteiger partial charge in [-0.05, 0) is 12.1 Å². The van der Waals surface area contributed by atoms with E-state index in [1.807, 2.05) is 0 Å². The number of hydrogen-bond acceptors (Lipinski definition) is 3. The zero-order valence-corrected chi connectivity index (χ0v) is 9.36. The molecule has 1 aromatic carbocycles. The lowest BCUT2D eigenvalue weighted by molar-refractivity contribution is 0.0698. The first kappa shape index (κ1) is 12.3. The van der Waals surface area contributed by atoms with E-state index in [4.69, 9.17) is 27.2 Å². The number of nitrogens with two attached hydrogens (primary N) is 1. The minimum absolute atomic E-state index is 0.0380. The number of aliphatic imine (C=N–C) groups is 1. The molecule has 3 N–H and O–H groups in total. The van der Waals surface area contributed by atoms with Crippen molar-refractivity contribution >= 4 is 29.1 Å². The molecule has 0 fully saturated rings. The highest BCUT2D eigenvalue weighted by Crippen LogP contribution is 2.25. The molecule has 6 heteroatoms. The smallest absolute Gasteiger partial charge is 0.337 e. The number of amidine groups is 1. The van der Waals surface area contributed by atoms with E-state index in [0.717, 1.165) is 0 Å². The second kappa shape index (κ2) is 5.37. The molecular formula is C10H11ClN2O3. The summed E-state index contributed by atoms with van der Waals surface area (Å²) < 4.78 is 4.97. The molecule has 0 aliphatic carbocycles. The minimum atomic E-state index is -1.08. The highest BCUT2D eigenvalue weighted by Gasteiger charge is 2.10. The summed E-state index contributed by atoms with van der Waals surface area (Å²) in [6.45, 7) is 0. The average Bonchev–Trinajstić information content (AvgIpc) is 2.28. The molecule has 0 unspecified atom stereocenters. The van der Waals surface area contributed by atoms with Crippen LogP contribution in [0.2, 0.25) is 0 Å². The van der Waals surface area contributed by atoms with Crippen LogP contribution < -0.4 is 10.5 Å². The third kappa shape index (κ3) is 2.87. The summed E-state index contributed by atoms with van der Waals surface area (Å²) in [6.07, 6.45) is 0. The van der Waals surface area contributed by atoms with Crippen LogP contribution in [-0.4, -0.2) is 29.9 Å². The SMILES string of the molecule is COc1ccc(C(=O)O)c(N=C(N)CCl)c1. The Balaban J connectivity index is 3.25. The summed E-state index contributed by atoms with van der Waals surface area (Å²) in [5.74, 6) is -0.386. The highest BCUT2D eigenvalue weighted by molar-refractivity contribution is 6.28. The number of alkyl halides is 1. The molecule has 0 aliphatic rings. The number of carbonyl (C=O) groups is 1. The summed E-state index contributed by atoms with van der Waals surface area (Å²) in [4.78, 5) is 14.8. The molecule has 0 radical (unpaired) electrons. The van der Waals surface area contributed by atoms with Crippen LogP contribution in [-0.2, 0) is 0 Å². The van der Waals surface area contributed by atoms with Gasteiger partial charge < -0.3 is 15.6 Å². The summed E-state index contributed by atoms with van der Waals surface area (Å²) in [5.41, 5.74) is 5.73. The van der Waals surface area contributed by atoms with Gasteiger partial charge in [0.15, 0.2) is 0 Å². The Labute approximate surface area is 97.5 Å². The lowest BCUT2D eigenvalue weighted by Crippen LogP contribution is -2.12. The average molecular weight is 243 g/mol. The van der Waals surface area contributed by atoms with Crippen LogP contribution in [0, 0.1) is 0 Å². The van der Waals surface area contributed by atoms with Crippen molar-refractivity contribution in [2.24, 2.45) is 10.7 Å². The molecule has 0 spiro atoms. The molecule has 0 heterocycles. The second-order valence-electron chi connectivity index (χ2n) is 2.93. The first-order valence-corrected chi connectivity index (χ1v) is 4.92. The van der Waals surface area contributed by atoms with Crippen LogP contribution in [0.4, 0.5) is 5.69 Å². The van der Waals surface area contributed by atoms with Gasteiger partial charge in [-0.3, -0.25) is 0 Å². The van der Waals surface area contributed by atoms with Crippen LogP contribution in [0.1, 0.15) is 10.4 Å². The number of rotatable bonds is 4. The van der Waals surface area contributed by atoms with Gasteiger partial charge in [0.25, 0.3) is 0 Å². The van der Waals surface area contributed by atoms with E-state index >= 15 is 0 Å². The summed E-state index contributed by atoms with van der Waals surface area (Å²) >= 11 is 5.47. The topological polar surface area (TPSA) is 84.9 Å². The summed E-state index contributed by atoms with van der Waals surface area (Å²) in [7, 11) is 1.48. The van der Waals surface area contributed by atoms with Crippen molar-refractivity contribution < 1.29 is 14.6 Å². The van der Waals surface area contributed by atoms with E-state index < -0.39 is 5.97 Å². The zero-order valence-electron chi connectivity index (χ0n) is 8.61. The number of aromatic carboxylic acids is 1. The van der Waals surface area contributed by atoms with Gasteiger partial charge in [-0.15, -0.1) is 11.6 Å². The molecule has 0 aliphatic heterocycles. The number of halogens is 1. The first-order chi connectivity index (χ1) is 7.58. The van der Waals surface area contributed by atoms with Crippen molar-refractivity contribution in [1.82, 2.24) is 0 Å². The summed E-state index contributed by atoms with van der Waals surface area (Å²) in [5, 5.41) is 8.93. The molecule has 5 nitrogen and oxygen atoms in total. The van der Waals surface area contributed by atoms with E-state index in [-0.39, 0.29) is 23.0 Å². The molecule has 0 aromatic heterocycles. The maximum absolute atomic E-state index is 10.9. The van der Waals surface area contributed by atoms with Gasteiger partial charge in [-0.1, -0.05) is 0 Å². The predicted octanol–water partition coefficient (Wildman–Crippen LogP) is 1.62. The fourth-order valence-electron chi connectivity index (χ4n) is 1.10. The van der Waals surface area contributed by atoms with E-state index in [1.165, 1.54) is 19.2 Å². The fraction of sp³-hybridized carbons (Fsp3) is 0.200. The zero-order chi connectivity index (χ0) is 12.1. The number of carboxylic acids is 1. The minimum Gasteiger partial charge on any atom is -0.497 e. The first-order valence-electron chi connectivity index (χ1n) is 4.38. The molecule has 0 amide bonds. The fourth-order valence-corrected chi connectivity index (χ4v) is 1.16. The van der Waals surface area contributed by atoms with Gasteiger partial charge in [-0.2, -0.15) is 0 Å². The van der Waals surface area contributed by atoms with Gasteiger partial charge in [0, 0.05) is 6.07 Å². The number of benzene rings is 1. The Kier molecular flexibility index (Phi) is 4.13. The largest absolute Gasteiger partial charge is 0.497 e. The normalized spacial score (nSPS) is 11.2. The lowest BCUT2D eigenvalue weighted by Gasteiger charge is -2.05. The van der Waals surface area contributed by atoms with E-state index in [9.17, 15) is 4.79 Å². The number of ether oxygens (including phenoxy) is 1. The van der Waals surface area contributed by atoms with Crippen molar-refractivity contribution in [1.29, 1.82) is 0 Å². The lowest BCUT2D eigenvalue weighted by atomic mass is 10.1. The number of nitrogens with zero attached hydrogens (tertiary/aromatic N) is 1. The van der Waals surface area contributed by atoms with Crippen molar-refractivity contribution in [3.05, 3.63) is 23.8 Å². The van der Waals surface area contributed by atoms with Gasteiger partial charge in [-0.25, -0.2) is 9.79 Å². The van der Waals surface area contributed by atoms with Crippen molar-refractivity contribution in [2.75, 3.05) is 13.0 Å². The van der Waals surface area contributed by atoms with Crippen molar-refractivity contribution in [2.45, 2.75) is 0 Å². The third-order valence-corrected chi connectivity index (χ3v) is 2.11. The second-order valence-corrected chi connectivity index (χ2v) is 3.19. The quantitative estimate of drug-likeness (QED) is 0.477. The maximum atomic E-state index is 10.9. The van der Waals surface area contributed by atoms with Crippen molar-refractivity contribution in [3.63, 3.8) is 0 Å². The molecule has 0 saturated carbocycles. The maximum Gasteiger partial charge on any atom is 0.337 e. The Bertz CT molecular complexity index is 432. The van der Waals surface area contributed by atoms with Crippen LogP contribution in [0.5, 0.6) is 5.75 Å². The predicted molar refractivity (Wildman–Crippen MR) is 62.0 cm³/mol. The highest BCUT2D eigenvalue weighted by atomic mass is 35.5. The molecule has 16 heavy (non-hydrogen) atoms. The molecule has 86 valence electrons. The van der Waals surface area contributed by atoms with Gasteiger partial charge in [0.1, 0.15) is 11.6 Å². The van der Waals surface area contributed by atoms with Crippen LogP contribution in [0.25, 0.3) is 0 Å². The molecule has 0 bridgehead atoms. The number of methoxy groups -OCH3 is 1. The Morgan fingerprint density at radius 1 is 1.62 bits per heavy atom. The van der Waals surface area contributed by atoms with Gasteiger partial charge in [0.2, 0.25) is 0 Å². The van der Waals surface area contributed by atoms with Crippen LogP contribution in [0.3, 0.4) is 0 Å². The Morgan fingerprint density at radius 2 is 2.31 bits per heavy atom. The molecule has 1 aromatic rings. The molecule has 1 rings (SSSR count). The number of carboxylic acid groups (broad SMARTS) is 1. The van der Waals surface area contributed by atoms with E-state index in [0.29, 0.717) is 5.75 Å². The van der Waals surface area contributed by atoms with E-state index in [1.54, 1.807) is 6.07 Å². The van der Waals surface area contributed by atoms with Gasteiger partial charge in [0.05, 0.1) is 24.2 Å². The molecular weight excluding hydrogens is 232 g/mol. The molecule has 0 atom stereocenters. The third-order valence-electron chi connectivity index (χ3n) is 1.84. The Hall–Kier alpha value is -1.75. The Morgan fingerprint density at radius 3 is 2.81 bits per heavy atom. The van der Waals surface area contributed by atoms with Crippen molar-refractivity contribution in [3.8, 4) is 5.75 Å². The van der Waals surface area contributed by atoms with Crippen LogP contribution in [0.15, 0.2) is 23.2 Å². The molecule has 0 saturated heterocycles. The standard InChI is InChI=1S/C10H11ClN2O3/c1-16-6-2-3-7(10(14)15)8(4-6)13-9(12)5-11/h2-4H,5H2,1H3,(H2,12,13)(H,14,15). The number of hydrogen-bond donors (Lipinski definition) is 2. The monoisotopic (exact) mass is 242 g/mol. The summed E-state index contributed by atoms with van der Waals surface area (Å²) in [6, 6.07) is 4.43. The van der Waals surface area contributed by atoms with E-state index in [2.05, 4.69) is 4.99 Å². The van der Waals surface area contributed by atoms with Gasteiger partial charge >= 0.3 is 5.97 Å².